The predicted octanol–water partition coefficient (Wildman–Crippen LogP) is 6.23. The predicted molar refractivity (Wildman–Crippen MR) is 119 cm³/mol. The van der Waals surface area contributed by atoms with E-state index in [0.717, 1.165) is 44.4 Å². The number of amides is 2. The molecule has 0 N–H and O–H groups in total. The first-order chi connectivity index (χ1) is 14.2. The highest BCUT2D eigenvalue weighted by molar-refractivity contribution is 8.18. The largest absolute Gasteiger partial charge is 0.293 e. The van der Waals surface area contributed by atoms with Gasteiger partial charge in [0.2, 0.25) is 0 Å². The smallest absolute Gasteiger partial charge is 0.268 e. The van der Waals surface area contributed by atoms with Gasteiger partial charge < -0.3 is 0 Å². The lowest BCUT2D eigenvalue weighted by molar-refractivity contribution is -0.123. The lowest BCUT2D eigenvalue weighted by Crippen LogP contribution is -2.27. The van der Waals surface area contributed by atoms with Crippen LogP contribution >= 0.6 is 11.8 Å². The molecule has 4 aromatic rings. The molecule has 5 rings (SSSR count). The lowest BCUT2D eigenvalue weighted by atomic mass is 9.96. The Labute approximate surface area is 172 Å². The van der Waals surface area contributed by atoms with Crippen LogP contribution in [-0.2, 0) is 11.3 Å². The van der Waals surface area contributed by atoms with Crippen molar-refractivity contribution in [2.24, 2.45) is 0 Å². The number of imide groups is 1. The number of hydrogen-bond donors (Lipinski definition) is 0. The third kappa shape index (κ3) is 3.22. The first-order valence-corrected chi connectivity index (χ1v) is 10.2. The second kappa shape index (κ2) is 7.22. The van der Waals surface area contributed by atoms with Crippen LogP contribution in [0.1, 0.15) is 11.1 Å². The van der Waals surface area contributed by atoms with Crippen molar-refractivity contribution in [1.29, 1.82) is 0 Å². The molecule has 1 aliphatic rings. The van der Waals surface area contributed by atoms with Gasteiger partial charge in [-0.25, -0.2) is 0 Å². The molecule has 0 atom stereocenters. The molecule has 0 radical (unpaired) electrons. The first kappa shape index (κ1) is 17.7. The molecule has 1 heterocycles. The SMILES string of the molecule is O=C1S/C(=C\c2c3ccccc3cc3ccccc23)C(=O)N1Cc1ccccc1. The summed E-state index contributed by atoms with van der Waals surface area (Å²) < 4.78 is 0. The van der Waals surface area contributed by atoms with E-state index in [1.54, 1.807) is 0 Å². The Balaban J connectivity index is 1.61. The van der Waals surface area contributed by atoms with Crippen molar-refractivity contribution in [2.75, 3.05) is 0 Å². The summed E-state index contributed by atoms with van der Waals surface area (Å²) in [6, 6.07) is 28.0. The molecule has 140 valence electrons. The summed E-state index contributed by atoms with van der Waals surface area (Å²) in [5.74, 6) is -0.235. The quantitative estimate of drug-likeness (QED) is 0.305. The van der Waals surface area contributed by atoms with E-state index >= 15 is 0 Å². The molecule has 0 saturated carbocycles. The molecule has 0 bridgehead atoms. The number of carbonyl (C=O) groups is 2. The van der Waals surface area contributed by atoms with Crippen molar-refractivity contribution in [1.82, 2.24) is 4.90 Å². The zero-order valence-corrected chi connectivity index (χ0v) is 16.4. The van der Waals surface area contributed by atoms with Gasteiger partial charge in [0.25, 0.3) is 11.1 Å². The number of nitrogens with zero attached hydrogens (tertiary/aromatic N) is 1. The molecular formula is C25H17NO2S. The fourth-order valence-electron chi connectivity index (χ4n) is 3.74. The fraction of sp³-hybridized carbons (Fsp3) is 0.0400. The van der Waals surface area contributed by atoms with Crippen molar-refractivity contribution in [3.8, 4) is 0 Å². The van der Waals surface area contributed by atoms with Gasteiger partial charge in [-0.2, -0.15) is 0 Å². The third-order valence-corrected chi connectivity index (χ3v) is 6.05. The van der Waals surface area contributed by atoms with Crippen LogP contribution in [0.5, 0.6) is 0 Å². The molecule has 0 spiro atoms. The van der Waals surface area contributed by atoms with E-state index in [1.165, 1.54) is 4.90 Å². The highest BCUT2D eigenvalue weighted by atomic mass is 32.2. The van der Waals surface area contributed by atoms with E-state index in [1.807, 2.05) is 60.7 Å². The molecule has 3 nitrogen and oxygen atoms in total. The molecular weight excluding hydrogens is 378 g/mol. The fourth-order valence-corrected chi connectivity index (χ4v) is 4.56. The summed E-state index contributed by atoms with van der Waals surface area (Å²) in [5, 5.41) is 4.14. The standard InChI is InChI=1S/C25H17NO2S/c27-24-23(29-25(28)26(24)16-17-8-2-1-3-9-17)15-22-20-12-6-4-10-18(20)14-19-11-5-7-13-21(19)22/h1-15H,16H2/b23-15-. The Bertz CT molecular complexity index is 1240. The Kier molecular flexibility index (Phi) is 4.41. The van der Waals surface area contributed by atoms with Gasteiger partial charge in [0.15, 0.2) is 0 Å². The molecule has 2 amide bonds. The molecule has 0 aromatic heterocycles. The van der Waals surface area contributed by atoms with E-state index in [4.69, 9.17) is 0 Å². The van der Waals surface area contributed by atoms with Crippen LogP contribution in [0.4, 0.5) is 4.79 Å². The van der Waals surface area contributed by atoms with Crippen molar-refractivity contribution >= 4 is 50.5 Å². The average molecular weight is 395 g/mol. The molecule has 29 heavy (non-hydrogen) atoms. The number of rotatable bonds is 3. The minimum Gasteiger partial charge on any atom is -0.268 e. The van der Waals surface area contributed by atoms with E-state index in [2.05, 4.69) is 30.3 Å². The van der Waals surface area contributed by atoms with Gasteiger partial charge in [0.1, 0.15) is 0 Å². The Morgan fingerprint density at radius 3 is 2.00 bits per heavy atom. The van der Waals surface area contributed by atoms with E-state index in [0.29, 0.717) is 11.4 Å². The van der Waals surface area contributed by atoms with Gasteiger partial charge in [0, 0.05) is 0 Å². The normalized spacial score (nSPS) is 15.7. The minimum absolute atomic E-state index is 0.227. The van der Waals surface area contributed by atoms with Gasteiger partial charge in [-0.3, -0.25) is 14.5 Å². The lowest BCUT2D eigenvalue weighted by Gasteiger charge is -2.12. The topological polar surface area (TPSA) is 37.4 Å². The van der Waals surface area contributed by atoms with Crippen LogP contribution in [0.2, 0.25) is 0 Å². The second-order valence-corrected chi connectivity index (χ2v) is 7.98. The number of benzene rings is 4. The van der Waals surface area contributed by atoms with Gasteiger partial charge >= 0.3 is 0 Å². The van der Waals surface area contributed by atoms with Crippen molar-refractivity contribution in [3.63, 3.8) is 0 Å². The summed E-state index contributed by atoms with van der Waals surface area (Å²) in [6.45, 7) is 0.291. The van der Waals surface area contributed by atoms with Crippen LogP contribution in [0.15, 0.2) is 89.8 Å². The van der Waals surface area contributed by atoms with Crippen molar-refractivity contribution < 1.29 is 9.59 Å². The van der Waals surface area contributed by atoms with E-state index in [-0.39, 0.29) is 11.1 Å². The summed E-state index contributed by atoms with van der Waals surface area (Å²) in [6.07, 6.45) is 1.88. The second-order valence-electron chi connectivity index (χ2n) is 6.99. The van der Waals surface area contributed by atoms with Crippen molar-refractivity contribution in [3.05, 3.63) is 101 Å². The number of thioether (sulfide) groups is 1. The van der Waals surface area contributed by atoms with E-state index < -0.39 is 0 Å². The van der Waals surface area contributed by atoms with Crippen LogP contribution in [-0.4, -0.2) is 16.0 Å². The maximum Gasteiger partial charge on any atom is 0.293 e. The van der Waals surface area contributed by atoms with Gasteiger partial charge in [-0.15, -0.1) is 0 Å². The van der Waals surface area contributed by atoms with Crippen LogP contribution in [0.3, 0.4) is 0 Å². The van der Waals surface area contributed by atoms with E-state index in [9.17, 15) is 9.59 Å². The summed E-state index contributed by atoms with van der Waals surface area (Å²) in [5.41, 5.74) is 1.91. The number of fused-ring (bicyclic) bond motifs is 2. The summed E-state index contributed by atoms with van der Waals surface area (Å²) >= 11 is 1.01. The zero-order chi connectivity index (χ0) is 19.8. The Morgan fingerprint density at radius 1 is 0.759 bits per heavy atom. The van der Waals surface area contributed by atoms with Crippen LogP contribution in [0, 0.1) is 0 Å². The average Bonchev–Trinajstić information content (AvgIpc) is 3.02. The van der Waals surface area contributed by atoms with Gasteiger partial charge in [-0.05, 0) is 56.6 Å². The first-order valence-electron chi connectivity index (χ1n) is 9.40. The zero-order valence-electron chi connectivity index (χ0n) is 15.5. The van der Waals surface area contributed by atoms with Crippen LogP contribution in [0.25, 0.3) is 27.6 Å². The monoisotopic (exact) mass is 395 g/mol. The maximum atomic E-state index is 13.0. The van der Waals surface area contributed by atoms with Gasteiger partial charge in [0.05, 0.1) is 11.4 Å². The molecule has 4 aromatic carbocycles. The third-order valence-electron chi connectivity index (χ3n) is 5.15. The minimum atomic E-state index is -0.235. The molecule has 0 unspecified atom stereocenters. The number of carbonyl (C=O) groups excluding carboxylic acids is 2. The maximum absolute atomic E-state index is 13.0. The molecule has 1 fully saturated rings. The highest BCUT2D eigenvalue weighted by Crippen LogP contribution is 2.37. The molecule has 1 aliphatic heterocycles. The Hall–Kier alpha value is -3.37. The highest BCUT2D eigenvalue weighted by Gasteiger charge is 2.35. The van der Waals surface area contributed by atoms with Gasteiger partial charge in [-0.1, -0.05) is 78.9 Å². The van der Waals surface area contributed by atoms with Crippen LogP contribution < -0.4 is 0 Å². The summed E-state index contributed by atoms with van der Waals surface area (Å²) in [4.78, 5) is 27.3. The van der Waals surface area contributed by atoms with Crippen molar-refractivity contribution in [2.45, 2.75) is 6.54 Å². The molecule has 1 saturated heterocycles. The Morgan fingerprint density at radius 2 is 1.34 bits per heavy atom. The summed E-state index contributed by atoms with van der Waals surface area (Å²) in [7, 11) is 0. The number of hydrogen-bond acceptors (Lipinski definition) is 3. The molecule has 4 heteroatoms. The molecule has 0 aliphatic carbocycles.